The lowest BCUT2D eigenvalue weighted by Gasteiger charge is -2.48. The highest BCUT2D eigenvalue weighted by Gasteiger charge is 2.38. The predicted octanol–water partition coefficient (Wildman–Crippen LogP) is 1.91. The molecule has 8 heteroatoms. The maximum Gasteiger partial charge on any atom is 0.275 e. The van der Waals surface area contributed by atoms with Crippen LogP contribution < -0.4 is 10.9 Å². The van der Waals surface area contributed by atoms with Gasteiger partial charge < -0.3 is 10.1 Å². The highest BCUT2D eigenvalue weighted by Crippen LogP contribution is 2.35. The molecule has 3 heterocycles. The second-order valence-electron chi connectivity index (χ2n) is 7.08. The van der Waals surface area contributed by atoms with E-state index in [-0.39, 0.29) is 11.1 Å². The van der Waals surface area contributed by atoms with Crippen LogP contribution in [-0.4, -0.2) is 57.9 Å². The Morgan fingerprint density at radius 1 is 1.28 bits per heavy atom. The molecule has 136 valence electrons. The van der Waals surface area contributed by atoms with E-state index in [0.717, 1.165) is 43.7 Å². The number of fused-ring (bicyclic) bond motifs is 1. The molecule has 1 aliphatic carbocycles. The van der Waals surface area contributed by atoms with Crippen LogP contribution in [0.5, 0.6) is 0 Å². The van der Waals surface area contributed by atoms with Crippen LogP contribution in [0.4, 0.5) is 5.13 Å². The predicted molar refractivity (Wildman–Crippen MR) is 98.6 cm³/mol. The fourth-order valence-electron chi connectivity index (χ4n) is 4.08. The van der Waals surface area contributed by atoms with Gasteiger partial charge in [-0.2, -0.15) is 4.52 Å². The van der Waals surface area contributed by atoms with Crippen molar-refractivity contribution in [2.24, 2.45) is 0 Å². The Balaban J connectivity index is 1.54. The van der Waals surface area contributed by atoms with Crippen molar-refractivity contribution < 1.29 is 4.74 Å². The van der Waals surface area contributed by atoms with Gasteiger partial charge in [0.15, 0.2) is 0 Å². The number of aryl methyl sites for hydroxylation is 1. The van der Waals surface area contributed by atoms with E-state index in [0.29, 0.717) is 4.96 Å². The Kier molecular flexibility index (Phi) is 4.75. The summed E-state index contributed by atoms with van der Waals surface area (Å²) in [5.74, 6) is 0. The number of hydrogen-bond acceptors (Lipinski definition) is 7. The number of rotatable bonds is 4. The van der Waals surface area contributed by atoms with Gasteiger partial charge in [0.05, 0.1) is 13.2 Å². The van der Waals surface area contributed by atoms with E-state index in [1.165, 1.54) is 54.0 Å². The minimum atomic E-state index is -0.118. The number of morpholine rings is 1. The van der Waals surface area contributed by atoms with Gasteiger partial charge in [-0.15, -0.1) is 5.10 Å². The Morgan fingerprint density at radius 2 is 2.04 bits per heavy atom. The molecule has 2 aliphatic rings. The summed E-state index contributed by atoms with van der Waals surface area (Å²) in [4.78, 5) is 19.7. The van der Waals surface area contributed by atoms with Crippen molar-refractivity contribution in [2.75, 3.05) is 38.2 Å². The van der Waals surface area contributed by atoms with Gasteiger partial charge >= 0.3 is 0 Å². The molecule has 2 aromatic heterocycles. The van der Waals surface area contributed by atoms with E-state index in [2.05, 4.69) is 20.3 Å². The minimum absolute atomic E-state index is 0.118. The summed E-state index contributed by atoms with van der Waals surface area (Å²) < 4.78 is 6.94. The lowest BCUT2D eigenvalue weighted by Crippen LogP contribution is -2.57. The highest BCUT2D eigenvalue weighted by atomic mass is 32.1. The van der Waals surface area contributed by atoms with Crippen LogP contribution in [0.2, 0.25) is 0 Å². The average molecular weight is 363 g/mol. The molecule has 0 aromatic carbocycles. The van der Waals surface area contributed by atoms with E-state index < -0.39 is 0 Å². The quantitative estimate of drug-likeness (QED) is 0.895. The Bertz CT molecular complexity index is 790. The third-order valence-electron chi connectivity index (χ3n) is 5.41. The van der Waals surface area contributed by atoms with Crippen molar-refractivity contribution in [1.29, 1.82) is 0 Å². The molecule has 2 fully saturated rings. The largest absolute Gasteiger partial charge is 0.379 e. The fraction of sp³-hybridized carbons (Fsp3) is 0.706. The number of ether oxygens (including phenoxy) is 1. The van der Waals surface area contributed by atoms with Gasteiger partial charge in [0, 0.05) is 36.9 Å². The second-order valence-corrected chi connectivity index (χ2v) is 8.03. The number of hydrogen-bond donors (Lipinski definition) is 1. The van der Waals surface area contributed by atoms with Crippen molar-refractivity contribution in [3.05, 3.63) is 22.1 Å². The first-order chi connectivity index (χ1) is 12.2. The smallest absolute Gasteiger partial charge is 0.275 e. The van der Waals surface area contributed by atoms with Crippen molar-refractivity contribution in [2.45, 2.75) is 44.6 Å². The molecule has 1 saturated heterocycles. The molecule has 1 aliphatic heterocycles. The van der Waals surface area contributed by atoms with Crippen molar-refractivity contribution >= 4 is 21.4 Å². The van der Waals surface area contributed by atoms with Crippen LogP contribution in [0.15, 0.2) is 10.9 Å². The molecule has 2 aromatic rings. The number of nitrogens with one attached hydrogen (secondary N) is 1. The van der Waals surface area contributed by atoms with E-state index in [9.17, 15) is 4.79 Å². The summed E-state index contributed by atoms with van der Waals surface area (Å²) in [5, 5.41) is 8.71. The average Bonchev–Trinajstić information content (AvgIpc) is 3.05. The SMILES string of the molecule is Cc1cc(=O)n2nc(NCC3(N4CCOCC4)CCCCC3)sc2n1. The summed E-state index contributed by atoms with van der Waals surface area (Å²) in [6, 6.07) is 1.52. The summed E-state index contributed by atoms with van der Waals surface area (Å²) in [5.41, 5.74) is 0.790. The fourth-order valence-corrected chi connectivity index (χ4v) is 4.93. The van der Waals surface area contributed by atoms with Crippen LogP contribution in [0.25, 0.3) is 4.96 Å². The molecule has 0 bridgehead atoms. The van der Waals surface area contributed by atoms with Gasteiger partial charge in [0.25, 0.3) is 5.56 Å². The number of aromatic nitrogens is 3. The second kappa shape index (κ2) is 7.01. The topological polar surface area (TPSA) is 71.8 Å². The molecule has 4 rings (SSSR count). The van der Waals surface area contributed by atoms with Gasteiger partial charge in [0.1, 0.15) is 0 Å². The normalized spacial score (nSPS) is 21.5. The van der Waals surface area contributed by atoms with Crippen LogP contribution >= 0.6 is 11.3 Å². The number of anilines is 1. The van der Waals surface area contributed by atoms with Crippen LogP contribution in [0.3, 0.4) is 0 Å². The van der Waals surface area contributed by atoms with Crippen LogP contribution in [-0.2, 0) is 4.74 Å². The molecule has 0 radical (unpaired) electrons. The third kappa shape index (κ3) is 3.43. The van der Waals surface area contributed by atoms with Crippen molar-refractivity contribution in [1.82, 2.24) is 19.5 Å². The third-order valence-corrected chi connectivity index (χ3v) is 6.27. The number of nitrogens with zero attached hydrogens (tertiary/aromatic N) is 4. The van der Waals surface area contributed by atoms with E-state index in [1.54, 1.807) is 0 Å². The molecule has 1 saturated carbocycles. The summed E-state index contributed by atoms with van der Waals surface area (Å²) in [7, 11) is 0. The molecular formula is C17H25N5O2S. The van der Waals surface area contributed by atoms with Crippen LogP contribution in [0.1, 0.15) is 37.8 Å². The summed E-state index contributed by atoms with van der Waals surface area (Å²) in [6.07, 6.45) is 6.30. The van der Waals surface area contributed by atoms with E-state index in [1.807, 2.05) is 6.92 Å². The van der Waals surface area contributed by atoms with Crippen molar-refractivity contribution in [3.8, 4) is 0 Å². The van der Waals surface area contributed by atoms with Gasteiger partial charge in [-0.25, -0.2) is 4.98 Å². The van der Waals surface area contributed by atoms with E-state index >= 15 is 0 Å². The summed E-state index contributed by atoms with van der Waals surface area (Å²) in [6.45, 7) is 6.34. The lowest BCUT2D eigenvalue weighted by molar-refractivity contribution is -0.0318. The Labute approximate surface area is 151 Å². The van der Waals surface area contributed by atoms with Gasteiger partial charge in [-0.3, -0.25) is 9.69 Å². The maximum atomic E-state index is 12.0. The Hall–Kier alpha value is -1.51. The zero-order valence-electron chi connectivity index (χ0n) is 14.7. The zero-order chi connectivity index (χ0) is 17.3. The first-order valence-corrected chi connectivity index (χ1v) is 9.92. The maximum absolute atomic E-state index is 12.0. The zero-order valence-corrected chi connectivity index (χ0v) is 15.5. The highest BCUT2D eigenvalue weighted by molar-refractivity contribution is 7.20. The monoisotopic (exact) mass is 363 g/mol. The van der Waals surface area contributed by atoms with Crippen LogP contribution in [0, 0.1) is 6.92 Å². The molecule has 0 amide bonds. The van der Waals surface area contributed by atoms with Gasteiger partial charge in [-0.05, 0) is 19.8 Å². The standard InChI is InChI=1S/C17H25N5O2S/c1-13-11-14(23)22-16(19-13)25-15(20-22)18-12-17(5-3-2-4-6-17)21-7-9-24-10-8-21/h11H,2-10,12H2,1H3,(H,18,20). The first kappa shape index (κ1) is 16.9. The molecule has 1 N–H and O–H groups in total. The minimum Gasteiger partial charge on any atom is -0.379 e. The van der Waals surface area contributed by atoms with Crippen molar-refractivity contribution in [3.63, 3.8) is 0 Å². The Morgan fingerprint density at radius 3 is 2.80 bits per heavy atom. The molecule has 7 nitrogen and oxygen atoms in total. The molecule has 0 spiro atoms. The molecule has 25 heavy (non-hydrogen) atoms. The van der Waals surface area contributed by atoms with E-state index in [4.69, 9.17) is 4.74 Å². The first-order valence-electron chi connectivity index (χ1n) is 9.11. The summed E-state index contributed by atoms with van der Waals surface area (Å²) >= 11 is 1.45. The molecule has 0 unspecified atom stereocenters. The lowest BCUT2D eigenvalue weighted by atomic mass is 9.80. The van der Waals surface area contributed by atoms with Gasteiger partial charge in [0.2, 0.25) is 10.1 Å². The van der Waals surface area contributed by atoms with Gasteiger partial charge in [-0.1, -0.05) is 30.6 Å². The molecule has 0 atom stereocenters. The molecular weight excluding hydrogens is 338 g/mol.